The molecule has 0 heterocycles. The Bertz CT molecular complexity index is 282. The quantitative estimate of drug-likeness (QED) is 0.668. The van der Waals surface area contributed by atoms with E-state index in [1.807, 2.05) is 37.3 Å². The van der Waals surface area contributed by atoms with Crippen LogP contribution in [-0.4, -0.2) is 19.5 Å². The van der Waals surface area contributed by atoms with Gasteiger partial charge in [0.1, 0.15) is 6.29 Å². The van der Waals surface area contributed by atoms with Crippen molar-refractivity contribution in [2.75, 3.05) is 7.11 Å². The number of benzene rings is 1. The van der Waals surface area contributed by atoms with Crippen LogP contribution in [0.15, 0.2) is 30.3 Å². The molecule has 0 spiro atoms. The molecule has 0 radical (unpaired) electrons. The van der Waals surface area contributed by atoms with Gasteiger partial charge in [-0.15, -0.1) is 0 Å². The number of carbonyl (C=O) groups excluding carboxylic acids is 1. The van der Waals surface area contributed by atoms with E-state index < -0.39 is 0 Å². The average molecular weight is 206 g/mol. The van der Waals surface area contributed by atoms with Crippen LogP contribution in [0.4, 0.5) is 0 Å². The molecule has 0 aliphatic heterocycles. The zero-order chi connectivity index (χ0) is 11.1. The van der Waals surface area contributed by atoms with Crippen molar-refractivity contribution in [1.29, 1.82) is 0 Å². The van der Waals surface area contributed by atoms with Gasteiger partial charge in [0.2, 0.25) is 0 Å². The Morgan fingerprint density at radius 3 is 2.53 bits per heavy atom. The minimum atomic E-state index is 0.0577. The van der Waals surface area contributed by atoms with Gasteiger partial charge >= 0.3 is 0 Å². The predicted molar refractivity (Wildman–Crippen MR) is 60.8 cm³/mol. The molecule has 1 rings (SSSR count). The highest BCUT2D eigenvalue weighted by Gasteiger charge is 2.12. The van der Waals surface area contributed by atoms with Gasteiger partial charge in [-0.1, -0.05) is 30.3 Å². The van der Waals surface area contributed by atoms with E-state index in [0.717, 1.165) is 19.1 Å². The summed E-state index contributed by atoms with van der Waals surface area (Å²) in [6.07, 6.45) is 2.76. The first-order valence-electron chi connectivity index (χ1n) is 5.28. The molecule has 2 heteroatoms. The first-order valence-corrected chi connectivity index (χ1v) is 5.28. The van der Waals surface area contributed by atoms with Crippen LogP contribution < -0.4 is 0 Å². The summed E-state index contributed by atoms with van der Waals surface area (Å²) >= 11 is 0. The third-order valence-corrected chi connectivity index (χ3v) is 2.57. The summed E-state index contributed by atoms with van der Waals surface area (Å²) in [6, 6.07) is 10.1. The SMILES string of the molecule is COC(C)CC(C=O)Cc1ccccc1. The maximum absolute atomic E-state index is 10.9. The highest BCUT2D eigenvalue weighted by Crippen LogP contribution is 2.13. The van der Waals surface area contributed by atoms with Crippen LogP contribution in [0.1, 0.15) is 18.9 Å². The smallest absolute Gasteiger partial charge is 0.123 e. The van der Waals surface area contributed by atoms with Crippen molar-refractivity contribution in [3.8, 4) is 0 Å². The number of hydrogen-bond donors (Lipinski definition) is 0. The minimum Gasteiger partial charge on any atom is -0.382 e. The number of ether oxygens (including phenoxy) is 1. The van der Waals surface area contributed by atoms with E-state index in [1.54, 1.807) is 7.11 Å². The Morgan fingerprint density at radius 1 is 1.33 bits per heavy atom. The van der Waals surface area contributed by atoms with E-state index in [2.05, 4.69) is 0 Å². The van der Waals surface area contributed by atoms with E-state index >= 15 is 0 Å². The van der Waals surface area contributed by atoms with Gasteiger partial charge in [0.25, 0.3) is 0 Å². The van der Waals surface area contributed by atoms with Crippen molar-refractivity contribution in [3.63, 3.8) is 0 Å². The third-order valence-electron chi connectivity index (χ3n) is 2.57. The molecule has 0 N–H and O–H groups in total. The molecule has 0 saturated carbocycles. The topological polar surface area (TPSA) is 26.3 Å². The lowest BCUT2D eigenvalue weighted by Crippen LogP contribution is -2.15. The lowest BCUT2D eigenvalue weighted by molar-refractivity contribution is -0.112. The van der Waals surface area contributed by atoms with Crippen LogP contribution >= 0.6 is 0 Å². The molecule has 0 aromatic heterocycles. The molecule has 0 fully saturated rings. The molecule has 1 aromatic rings. The van der Waals surface area contributed by atoms with Gasteiger partial charge in [0.05, 0.1) is 6.10 Å². The third kappa shape index (κ3) is 4.26. The van der Waals surface area contributed by atoms with E-state index in [0.29, 0.717) is 0 Å². The molecule has 82 valence electrons. The van der Waals surface area contributed by atoms with Crippen molar-refractivity contribution in [3.05, 3.63) is 35.9 Å². The molecule has 0 bridgehead atoms. The Labute approximate surface area is 91.3 Å². The van der Waals surface area contributed by atoms with E-state index in [4.69, 9.17) is 4.74 Å². The Balaban J connectivity index is 2.50. The lowest BCUT2D eigenvalue weighted by atomic mass is 9.95. The largest absolute Gasteiger partial charge is 0.382 e. The highest BCUT2D eigenvalue weighted by atomic mass is 16.5. The molecule has 0 aliphatic rings. The number of rotatable bonds is 6. The lowest BCUT2D eigenvalue weighted by Gasteiger charge is -2.14. The highest BCUT2D eigenvalue weighted by molar-refractivity contribution is 5.54. The monoisotopic (exact) mass is 206 g/mol. The summed E-state index contributed by atoms with van der Waals surface area (Å²) < 4.78 is 5.16. The second-order valence-corrected chi connectivity index (χ2v) is 3.87. The van der Waals surface area contributed by atoms with Gasteiger partial charge in [0, 0.05) is 13.0 Å². The number of methoxy groups -OCH3 is 1. The Kier molecular flexibility index (Phi) is 5.05. The van der Waals surface area contributed by atoms with Crippen LogP contribution in [-0.2, 0) is 16.0 Å². The number of aldehydes is 1. The van der Waals surface area contributed by atoms with Crippen LogP contribution in [0.25, 0.3) is 0 Å². The number of hydrogen-bond acceptors (Lipinski definition) is 2. The second-order valence-electron chi connectivity index (χ2n) is 3.87. The molecule has 2 unspecified atom stereocenters. The molecule has 15 heavy (non-hydrogen) atoms. The standard InChI is InChI=1S/C13H18O2/c1-11(15-2)8-13(10-14)9-12-6-4-3-5-7-12/h3-7,10-11,13H,8-9H2,1-2H3. The Morgan fingerprint density at radius 2 is 2.00 bits per heavy atom. The first kappa shape index (κ1) is 11.9. The first-order chi connectivity index (χ1) is 7.26. The normalized spacial score (nSPS) is 14.5. The van der Waals surface area contributed by atoms with Crippen LogP contribution in [0.5, 0.6) is 0 Å². The number of carbonyl (C=O) groups is 1. The summed E-state index contributed by atoms with van der Waals surface area (Å²) in [4.78, 5) is 10.9. The summed E-state index contributed by atoms with van der Waals surface area (Å²) in [5, 5.41) is 0. The van der Waals surface area contributed by atoms with Gasteiger partial charge in [-0.3, -0.25) is 0 Å². The molecule has 0 amide bonds. The van der Waals surface area contributed by atoms with Crippen LogP contribution in [0, 0.1) is 5.92 Å². The van der Waals surface area contributed by atoms with E-state index in [-0.39, 0.29) is 12.0 Å². The van der Waals surface area contributed by atoms with Crippen molar-refractivity contribution in [2.24, 2.45) is 5.92 Å². The van der Waals surface area contributed by atoms with Crippen LogP contribution in [0.3, 0.4) is 0 Å². The molecular formula is C13H18O2. The Hall–Kier alpha value is -1.15. The predicted octanol–water partition coefficient (Wildman–Crippen LogP) is 2.47. The van der Waals surface area contributed by atoms with Crippen molar-refractivity contribution >= 4 is 6.29 Å². The molecule has 2 atom stereocenters. The molecule has 0 saturated heterocycles. The summed E-state index contributed by atoms with van der Waals surface area (Å²) in [5.41, 5.74) is 1.21. The molecule has 0 aliphatic carbocycles. The summed E-state index contributed by atoms with van der Waals surface area (Å²) in [7, 11) is 1.68. The van der Waals surface area contributed by atoms with Crippen molar-refractivity contribution in [2.45, 2.75) is 25.9 Å². The zero-order valence-corrected chi connectivity index (χ0v) is 9.35. The fourth-order valence-electron chi connectivity index (χ4n) is 1.63. The van der Waals surface area contributed by atoms with Gasteiger partial charge in [-0.25, -0.2) is 0 Å². The molecule has 1 aromatic carbocycles. The second kappa shape index (κ2) is 6.36. The van der Waals surface area contributed by atoms with E-state index in [9.17, 15) is 4.79 Å². The maximum Gasteiger partial charge on any atom is 0.123 e. The van der Waals surface area contributed by atoms with Gasteiger partial charge in [0.15, 0.2) is 0 Å². The zero-order valence-electron chi connectivity index (χ0n) is 9.35. The van der Waals surface area contributed by atoms with Gasteiger partial charge in [-0.2, -0.15) is 0 Å². The fourth-order valence-corrected chi connectivity index (χ4v) is 1.63. The molecular weight excluding hydrogens is 188 g/mol. The van der Waals surface area contributed by atoms with Gasteiger partial charge < -0.3 is 9.53 Å². The summed E-state index contributed by atoms with van der Waals surface area (Å²) in [6.45, 7) is 1.99. The van der Waals surface area contributed by atoms with Crippen molar-refractivity contribution < 1.29 is 9.53 Å². The maximum atomic E-state index is 10.9. The average Bonchev–Trinajstić information content (AvgIpc) is 2.29. The minimum absolute atomic E-state index is 0.0577. The molecule has 2 nitrogen and oxygen atoms in total. The van der Waals surface area contributed by atoms with Crippen LogP contribution in [0.2, 0.25) is 0 Å². The summed E-state index contributed by atoms with van der Waals surface area (Å²) in [5.74, 6) is 0.0577. The fraction of sp³-hybridized carbons (Fsp3) is 0.462. The van der Waals surface area contributed by atoms with E-state index in [1.165, 1.54) is 5.56 Å². The van der Waals surface area contributed by atoms with Gasteiger partial charge in [-0.05, 0) is 25.3 Å². The van der Waals surface area contributed by atoms with Crippen molar-refractivity contribution in [1.82, 2.24) is 0 Å².